The highest BCUT2D eigenvalue weighted by atomic mass is 16.3. The van der Waals surface area contributed by atoms with Crippen LogP contribution >= 0.6 is 0 Å². The van der Waals surface area contributed by atoms with Crippen molar-refractivity contribution < 1.29 is 5.11 Å². The maximum absolute atomic E-state index is 8.89. The Morgan fingerprint density at radius 1 is 1.42 bits per heavy atom. The molecule has 66 valence electrons. The van der Waals surface area contributed by atoms with Gasteiger partial charge in [0, 0.05) is 6.42 Å². The van der Waals surface area contributed by atoms with E-state index in [0.29, 0.717) is 6.42 Å². The van der Waals surface area contributed by atoms with Gasteiger partial charge in [-0.05, 0) is 13.8 Å². The summed E-state index contributed by atoms with van der Waals surface area (Å²) in [6.07, 6.45) is 6.21. The second kappa shape index (κ2) is 5.42. The van der Waals surface area contributed by atoms with Gasteiger partial charge in [0.05, 0.1) is 5.76 Å². The van der Waals surface area contributed by atoms with E-state index in [0.717, 1.165) is 11.1 Å². The molecule has 0 bridgehead atoms. The summed E-state index contributed by atoms with van der Waals surface area (Å²) in [6.45, 7) is 11.0. The SMILES string of the molecule is C=C/C=C(C)/C=C(\C)CC(=C)O. The molecule has 0 aliphatic rings. The Labute approximate surface area is 74.4 Å². The molecule has 12 heavy (non-hydrogen) atoms. The van der Waals surface area contributed by atoms with Gasteiger partial charge in [-0.3, -0.25) is 0 Å². The molecule has 0 aromatic carbocycles. The summed E-state index contributed by atoms with van der Waals surface area (Å²) in [5.41, 5.74) is 2.22. The van der Waals surface area contributed by atoms with Gasteiger partial charge in [-0.2, -0.15) is 0 Å². The first-order chi connectivity index (χ1) is 5.56. The van der Waals surface area contributed by atoms with Crippen molar-refractivity contribution in [3.05, 3.63) is 48.3 Å². The highest BCUT2D eigenvalue weighted by Gasteiger charge is 1.91. The lowest BCUT2D eigenvalue weighted by Crippen LogP contribution is -1.81. The summed E-state index contributed by atoms with van der Waals surface area (Å²) in [7, 11) is 0. The molecule has 0 spiro atoms. The lowest BCUT2D eigenvalue weighted by Gasteiger charge is -1.98. The van der Waals surface area contributed by atoms with Crippen molar-refractivity contribution in [2.45, 2.75) is 20.3 Å². The number of hydrogen-bond donors (Lipinski definition) is 1. The molecular formula is C11H16O. The van der Waals surface area contributed by atoms with Crippen molar-refractivity contribution in [3.63, 3.8) is 0 Å². The predicted octanol–water partition coefficient (Wildman–Crippen LogP) is 3.53. The molecule has 0 heterocycles. The van der Waals surface area contributed by atoms with Crippen LogP contribution in [0.25, 0.3) is 0 Å². The quantitative estimate of drug-likeness (QED) is 0.498. The molecule has 0 radical (unpaired) electrons. The Bertz CT molecular complexity index is 231. The van der Waals surface area contributed by atoms with E-state index in [1.54, 1.807) is 6.08 Å². The van der Waals surface area contributed by atoms with Gasteiger partial charge in [0.1, 0.15) is 0 Å². The van der Waals surface area contributed by atoms with Crippen LogP contribution in [0.1, 0.15) is 20.3 Å². The van der Waals surface area contributed by atoms with E-state index < -0.39 is 0 Å². The molecule has 0 aromatic rings. The maximum Gasteiger partial charge on any atom is 0.0891 e. The number of aliphatic hydroxyl groups excluding tert-OH is 1. The first-order valence-corrected chi connectivity index (χ1v) is 3.89. The molecule has 0 atom stereocenters. The summed E-state index contributed by atoms with van der Waals surface area (Å²) >= 11 is 0. The fourth-order valence-corrected chi connectivity index (χ4v) is 0.996. The summed E-state index contributed by atoms with van der Waals surface area (Å²) in [5, 5.41) is 8.89. The van der Waals surface area contributed by atoms with E-state index in [1.165, 1.54) is 0 Å². The molecular weight excluding hydrogens is 148 g/mol. The number of hydrogen-bond acceptors (Lipinski definition) is 1. The van der Waals surface area contributed by atoms with E-state index in [2.05, 4.69) is 13.2 Å². The molecule has 0 amide bonds. The molecule has 0 rings (SSSR count). The van der Waals surface area contributed by atoms with Crippen molar-refractivity contribution in [2.75, 3.05) is 0 Å². The van der Waals surface area contributed by atoms with Crippen LogP contribution in [0.3, 0.4) is 0 Å². The van der Waals surface area contributed by atoms with Crippen LogP contribution < -0.4 is 0 Å². The standard InChI is InChI=1S/C11H16O/c1-5-6-9(2)7-10(3)8-11(4)12/h5-7,12H,1,4,8H2,2-3H3/b9-6+,10-7+. The lowest BCUT2D eigenvalue weighted by atomic mass is 10.1. The van der Waals surface area contributed by atoms with Crippen molar-refractivity contribution in [1.29, 1.82) is 0 Å². The third kappa shape index (κ3) is 5.54. The minimum Gasteiger partial charge on any atom is -0.513 e. The summed E-state index contributed by atoms with van der Waals surface area (Å²) in [5.74, 6) is 0.204. The molecule has 0 saturated carbocycles. The van der Waals surface area contributed by atoms with Gasteiger partial charge < -0.3 is 5.11 Å². The molecule has 1 heteroatoms. The van der Waals surface area contributed by atoms with Crippen molar-refractivity contribution in [2.24, 2.45) is 0 Å². The van der Waals surface area contributed by atoms with Gasteiger partial charge >= 0.3 is 0 Å². The van der Waals surface area contributed by atoms with E-state index in [9.17, 15) is 0 Å². The second-order valence-electron chi connectivity index (χ2n) is 2.88. The summed E-state index contributed by atoms with van der Waals surface area (Å²) < 4.78 is 0. The molecule has 1 nitrogen and oxygen atoms in total. The van der Waals surface area contributed by atoms with Gasteiger partial charge in [-0.15, -0.1) is 0 Å². The van der Waals surface area contributed by atoms with Crippen LogP contribution in [0, 0.1) is 0 Å². The van der Waals surface area contributed by atoms with E-state index in [1.807, 2.05) is 26.0 Å². The molecule has 0 unspecified atom stereocenters. The average Bonchev–Trinajstić information content (AvgIpc) is 1.84. The van der Waals surface area contributed by atoms with E-state index in [4.69, 9.17) is 5.11 Å². The summed E-state index contributed by atoms with van der Waals surface area (Å²) in [6, 6.07) is 0. The molecule has 0 saturated heterocycles. The molecule has 1 N–H and O–H groups in total. The topological polar surface area (TPSA) is 20.2 Å². The number of aliphatic hydroxyl groups is 1. The normalized spacial score (nSPS) is 12.8. The predicted molar refractivity (Wildman–Crippen MR) is 54.1 cm³/mol. The van der Waals surface area contributed by atoms with Gasteiger partial charge in [0.15, 0.2) is 0 Å². The first-order valence-electron chi connectivity index (χ1n) is 3.89. The third-order valence-electron chi connectivity index (χ3n) is 1.34. The van der Waals surface area contributed by atoms with E-state index in [-0.39, 0.29) is 5.76 Å². The molecule has 0 aliphatic heterocycles. The Hall–Kier alpha value is -1.24. The lowest BCUT2D eigenvalue weighted by molar-refractivity contribution is 0.401. The van der Waals surface area contributed by atoms with Crippen molar-refractivity contribution in [1.82, 2.24) is 0 Å². The largest absolute Gasteiger partial charge is 0.513 e. The Morgan fingerprint density at radius 3 is 2.42 bits per heavy atom. The van der Waals surface area contributed by atoms with Gasteiger partial charge in [-0.1, -0.05) is 42.5 Å². The van der Waals surface area contributed by atoms with Crippen LogP contribution in [0.5, 0.6) is 0 Å². The zero-order valence-corrected chi connectivity index (χ0v) is 7.80. The minimum atomic E-state index is 0.204. The van der Waals surface area contributed by atoms with Gasteiger partial charge in [0.25, 0.3) is 0 Å². The van der Waals surface area contributed by atoms with Gasteiger partial charge in [0.2, 0.25) is 0 Å². The molecule has 0 aliphatic carbocycles. The van der Waals surface area contributed by atoms with Gasteiger partial charge in [-0.25, -0.2) is 0 Å². The Kier molecular flexibility index (Phi) is 4.86. The fraction of sp³-hybridized carbons (Fsp3) is 0.273. The Balaban J connectivity index is 4.24. The van der Waals surface area contributed by atoms with Crippen LogP contribution in [0.4, 0.5) is 0 Å². The Morgan fingerprint density at radius 2 is 2.00 bits per heavy atom. The zero-order valence-electron chi connectivity index (χ0n) is 7.80. The second-order valence-corrected chi connectivity index (χ2v) is 2.88. The van der Waals surface area contributed by atoms with Crippen molar-refractivity contribution >= 4 is 0 Å². The minimum absolute atomic E-state index is 0.204. The van der Waals surface area contributed by atoms with Crippen LogP contribution in [0.15, 0.2) is 48.3 Å². The van der Waals surface area contributed by atoms with Crippen molar-refractivity contribution in [3.8, 4) is 0 Å². The van der Waals surface area contributed by atoms with E-state index >= 15 is 0 Å². The number of rotatable bonds is 4. The fourth-order valence-electron chi connectivity index (χ4n) is 0.996. The molecule has 0 fully saturated rings. The molecule has 0 aromatic heterocycles. The van der Waals surface area contributed by atoms with Crippen LogP contribution in [0.2, 0.25) is 0 Å². The average molecular weight is 164 g/mol. The highest BCUT2D eigenvalue weighted by molar-refractivity contribution is 5.25. The highest BCUT2D eigenvalue weighted by Crippen LogP contribution is 2.09. The smallest absolute Gasteiger partial charge is 0.0891 e. The monoisotopic (exact) mass is 164 g/mol. The first kappa shape index (κ1) is 10.8. The maximum atomic E-state index is 8.89. The zero-order chi connectivity index (χ0) is 9.56. The summed E-state index contributed by atoms with van der Waals surface area (Å²) in [4.78, 5) is 0. The van der Waals surface area contributed by atoms with Crippen LogP contribution in [-0.4, -0.2) is 5.11 Å². The van der Waals surface area contributed by atoms with Crippen LogP contribution in [-0.2, 0) is 0 Å². The number of allylic oxidation sites excluding steroid dienone is 5. The third-order valence-corrected chi connectivity index (χ3v) is 1.34.